The van der Waals surface area contributed by atoms with Crippen LogP contribution in [0.2, 0.25) is 0 Å². The van der Waals surface area contributed by atoms with Gasteiger partial charge in [0, 0.05) is 0 Å². The summed E-state index contributed by atoms with van der Waals surface area (Å²) in [5.74, 6) is 0.510. The summed E-state index contributed by atoms with van der Waals surface area (Å²) in [6.45, 7) is 2.03. The van der Waals surface area contributed by atoms with Gasteiger partial charge < -0.3 is 9.84 Å². The highest BCUT2D eigenvalue weighted by molar-refractivity contribution is 5.77. The number of benzene rings is 1. The fourth-order valence-electron chi connectivity index (χ4n) is 1.43. The monoisotopic (exact) mass is 251 g/mol. The summed E-state index contributed by atoms with van der Waals surface area (Å²) in [4.78, 5) is 11.7. The van der Waals surface area contributed by atoms with Gasteiger partial charge in [-0.1, -0.05) is 12.0 Å². The lowest BCUT2D eigenvalue weighted by molar-refractivity contribution is -0.145. The second-order valence-corrected chi connectivity index (χ2v) is 3.48. The number of nitrogens with one attached hydrogen (secondary N) is 1. The standard InChI is InChI=1S/C13H14FNO3/c1-3-7-15-12(13(17)18-4-2)9-5-6-11(16)10(14)8-9/h1,5-6,8,12,15-16H,4,7H2,2H3. The number of hydrogen-bond donors (Lipinski definition) is 2. The van der Waals surface area contributed by atoms with Crippen LogP contribution >= 0.6 is 0 Å². The molecule has 0 aliphatic carbocycles. The first kappa shape index (κ1) is 14.0. The Morgan fingerprint density at radius 1 is 1.67 bits per heavy atom. The van der Waals surface area contributed by atoms with Gasteiger partial charge in [-0.3, -0.25) is 5.32 Å². The molecule has 4 nitrogen and oxygen atoms in total. The lowest BCUT2D eigenvalue weighted by Crippen LogP contribution is -2.30. The Kier molecular flexibility index (Phi) is 5.15. The van der Waals surface area contributed by atoms with Crippen molar-refractivity contribution >= 4 is 5.97 Å². The fourth-order valence-corrected chi connectivity index (χ4v) is 1.43. The zero-order valence-corrected chi connectivity index (χ0v) is 9.94. The van der Waals surface area contributed by atoms with Crippen molar-refractivity contribution in [3.05, 3.63) is 29.6 Å². The molecule has 2 N–H and O–H groups in total. The lowest BCUT2D eigenvalue weighted by Gasteiger charge is -2.16. The molecule has 1 unspecified atom stereocenters. The van der Waals surface area contributed by atoms with E-state index in [9.17, 15) is 9.18 Å². The van der Waals surface area contributed by atoms with E-state index in [1.54, 1.807) is 6.92 Å². The summed E-state index contributed by atoms with van der Waals surface area (Å²) in [5.41, 5.74) is 0.346. The number of phenolic OH excluding ortho intramolecular Hbond substituents is 1. The van der Waals surface area contributed by atoms with E-state index in [-0.39, 0.29) is 13.2 Å². The normalized spacial score (nSPS) is 11.6. The van der Waals surface area contributed by atoms with E-state index in [0.29, 0.717) is 5.56 Å². The highest BCUT2D eigenvalue weighted by Crippen LogP contribution is 2.21. The van der Waals surface area contributed by atoms with Gasteiger partial charge in [-0.05, 0) is 24.6 Å². The number of phenols is 1. The predicted octanol–water partition coefficient (Wildman–Crippen LogP) is 1.36. The van der Waals surface area contributed by atoms with Gasteiger partial charge in [0.1, 0.15) is 6.04 Å². The molecule has 0 bridgehead atoms. The quantitative estimate of drug-likeness (QED) is 0.613. The molecule has 0 heterocycles. The van der Waals surface area contributed by atoms with Crippen LogP contribution in [0.3, 0.4) is 0 Å². The minimum Gasteiger partial charge on any atom is -0.505 e. The molecule has 0 spiro atoms. The Morgan fingerprint density at radius 2 is 2.39 bits per heavy atom. The van der Waals surface area contributed by atoms with E-state index >= 15 is 0 Å². The van der Waals surface area contributed by atoms with Crippen molar-refractivity contribution in [2.45, 2.75) is 13.0 Å². The van der Waals surface area contributed by atoms with Gasteiger partial charge in [0.05, 0.1) is 13.2 Å². The van der Waals surface area contributed by atoms with Crippen LogP contribution in [-0.2, 0) is 9.53 Å². The number of terminal acetylenes is 1. The lowest BCUT2D eigenvalue weighted by atomic mass is 10.1. The Labute approximate surface area is 105 Å². The molecule has 1 aromatic rings. The van der Waals surface area contributed by atoms with Crippen LogP contribution in [0, 0.1) is 18.2 Å². The maximum atomic E-state index is 13.2. The molecule has 1 aromatic carbocycles. The van der Waals surface area contributed by atoms with Gasteiger partial charge >= 0.3 is 5.97 Å². The zero-order valence-electron chi connectivity index (χ0n) is 9.94. The van der Waals surface area contributed by atoms with Crippen LogP contribution in [0.15, 0.2) is 18.2 Å². The highest BCUT2D eigenvalue weighted by Gasteiger charge is 2.22. The molecule has 0 aromatic heterocycles. The van der Waals surface area contributed by atoms with Crippen LogP contribution in [0.25, 0.3) is 0 Å². The third-order valence-electron chi connectivity index (χ3n) is 2.24. The molecule has 5 heteroatoms. The SMILES string of the molecule is C#CCNC(C(=O)OCC)c1ccc(O)c(F)c1. The number of carbonyl (C=O) groups excluding carboxylic acids is 1. The van der Waals surface area contributed by atoms with Crippen LogP contribution in [0.4, 0.5) is 4.39 Å². The molecule has 0 fully saturated rings. The first-order valence-electron chi connectivity index (χ1n) is 5.42. The van der Waals surface area contributed by atoms with Crippen LogP contribution in [0.5, 0.6) is 5.75 Å². The molecule has 0 aliphatic rings. The van der Waals surface area contributed by atoms with E-state index in [1.807, 2.05) is 0 Å². The number of esters is 1. The third kappa shape index (κ3) is 3.47. The maximum Gasteiger partial charge on any atom is 0.327 e. The molecule has 0 aliphatic heterocycles. The summed E-state index contributed by atoms with van der Waals surface area (Å²) < 4.78 is 18.1. The second kappa shape index (κ2) is 6.62. The minimum atomic E-state index is -0.851. The van der Waals surface area contributed by atoms with Crippen molar-refractivity contribution < 1.29 is 19.0 Å². The van der Waals surface area contributed by atoms with E-state index < -0.39 is 23.6 Å². The van der Waals surface area contributed by atoms with Gasteiger partial charge in [0.25, 0.3) is 0 Å². The molecule has 96 valence electrons. The summed E-state index contributed by atoms with van der Waals surface area (Å²) in [7, 11) is 0. The van der Waals surface area contributed by atoms with E-state index in [0.717, 1.165) is 6.07 Å². The number of ether oxygens (including phenoxy) is 1. The number of rotatable bonds is 5. The predicted molar refractivity (Wildman–Crippen MR) is 64.3 cm³/mol. The smallest absolute Gasteiger partial charge is 0.327 e. The average molecular weight is 251 g/mol. The van der Waals surface area contributed by atoms with Gasteiger partial charge in [0.15, 0.2) is 11.6 Å². The number of hydrogen-bond acceptors (Lipinski definition) is 4. The largest absolute Gasteiger partial charge is 0.505 e. The molecular formula is C13H14FNO3. The molecule has 0 saturated heterocycles. The van der Waals surface area contributed by atoms with Crippen molar-refractivity contribution in [1.82, 2.24) is 5.32 Å². The number of halogens is 1. The molecule has 0 radical (unpaired) electrons. The molecular weight excluding hydrogens is 237 g/mol. The molecule has 0 saturated carbocycles. The Hall–Kier alpha value is -2.06. The summed E-state index contributed by atoms with van der Waals surface area (Å²) in [6.07, 6.45) is 5.10. The highest BCUT2D eigenvalue weighted by atomic mass is 19.1. The molecule has 18 heavy (non-hydrogen) atoms. The minimum absolute atomic E-state index is 0.145. The van der Waals surface area contributed by atoms with Crippen LogP contribution in [0.1, 0.15) is 18.5 Å². The van der Waals surface area contributed by atoms with Crippen molar-refractivity contribution in [2.75, 3.05) is 13.2 Å². The van der Waals surface area contributed by atoms with Crippen molar-refractivity contribution in [3.8, 4) is 18.1 Å². The average Bonchev–Trinajstić information content (AvgIpc) is 2.34. The topological polar surface area (TPSA) is 58.6 Å². The summed E-state index contributed by atoms with van der Waals surface area (Å²) in [6, 6.07) is 2.83. The zero-order chi connectivity index (χ0) is 13.5. The van der Waals surface area contributed by atoms with Crippen molar-refractivity contribution in [1.29, 1.82) is 0 Å². The van der Waals surface area contributed by atoms with Crippen molar-refractivity contribution in [3.63, 3.8) is 0 Å². The number of aromatic hydroxyl groups is 1. The van der Waals surface area contributed by atoms with E-state index in [1.165, 1.54) is 12.1 Å². The van der Waals surface area contributed by atoms with Crippen LogP contribution < -0.4 is 5.32 Å². The van der Waals surface area contributed by atoms with Crippen LogP contribution in [-0.4, -0.2) is 24.2 Å². The van der Waals surface area contributed by atoms with E-state index in [2.05, 4.69) is 11.2 Å². The molecule has 1 rings (SSSR count). The summed E-state index contributed by atoms with van der Waals surface area (Å²) in [5, 5.41) is 11.9. The first-order valence-corrected chi connectivity index (χ1v) is 5.42. The van der Waals surface area contributed by atoms with Gasteiger partial charge in [-0.15, -0.1) is 6.42 Å². The maximum absolute atomic E-state index is 13.2. The number of carbonyl (C=O) groups is 1. The summed E-state index contributed by atoms with van der Waals surface area (Å²) >= 11 is 0. The Balaban J connectivity index is 2.97. The Morgan fingerprint density at radius 3 is 2.94 bits per heavy atom. The fraction of sp³-hybridized carbons (Fsp3) is 0.308. The Bertz CT molecular complexity index is 468. The van der Waals surface area contributed by atoms with E-state index in [4.69, 9.17) is 16.3 Å². The molecule has 1 atom stereocenters. The molecule has 0 amide bonds. The third-order valence-corrected chi connectivity index (χ3v) is 2.24. The first-order chi connectivity index (χ1) is 8.60. The van der Waals surface area contributed by atoms with Gasteiger partial charge in [-0.25, -0.2) is 9.18 Å². The van der Waals surface area contributed by atoms with Gasteiger partial charge in [0.2, 0.25) is 0 Å². The second-order valence-electron chi connectivity index (χ2n) is 3.48. The van der Waals surface area contributed by atoms with Crippen molar-refractivity contribution in [2.24, 2.45) is 0 Å². The van der Waals surface area contributed by atoms with Gasteiger partial charge in [-0.2, -0.15) is 0 Å².